The molecule has 200 valence electrons. The summed E-state index contributed by atoms with van der Waals surface area (Å²) in [5, 5.41) is 8.59. The van der Waals surface area contributed by atoms with Crippen molar-refractivity contribution in [3.63, 3.8) is 0 Å². The number of carboxylic acids is 1. The lowest BCUT2D eigenvalue weighted by molar-refractivity contribution is -0.135. The van der Waals surface area contributed by atoms with Crippen LogP contribution in [0, 0.1) is 3.57 Å². The van der Waals surface area contributed by atoms with Crippen molar-refractivity contribution in [3.05, 3.63) is 61.6 Å². The normalized spacial score (nSPS) is 17.1. The number of carbonyl (C=O) groups excluding carboxylic acids is 3. The van der Waals surface area contributed by atoms with Crippen LogP contribution < -0.4 is 9.47 Å². The van der Waals surface area contributed by atoms with Gasteiger partial charge in [0.1, 0.15) is 13.2 Å². The molecule has 0 unspecified atom stereocenters. The highest BCUT2D eigenvalue weighted by Crippen LogP contribution is 2.37. The molecule has 0 spiro atoms. The molecule has 38 heavy (non-hydrogen) atoms. The summed E-state index contributed by atoms with van der Waals surface area (Å²) in [6.07, 6.45) is 5.65. The number of halogens is 1. The number of methoxy groups -OCH3 is 1. The molecule has 2 heterocycles. The highest BCUT2D eigenvalue weighted by molar-refractivity contribution is 14.1. The number of thioether (sulfide) groups is 1. The van der Waals surface area contributed by atoms with Crippen LogP contribution in [0.4, 0.5) is 4.79 Å². The van der Waals surface area contributed by atoms with Gasteiger partial charge < -0.3 is 19.5 Å². The second-order valence-corrected chi connectivity index (χ2v) is 11.0. The lowest BCUT2D eigenvalue weighted by atomic mass is 10.1. The summed E-state index contributed by atoms with van der Waals surface area (Å²) in [7, 11) is 1.51. The molecule has 0 bridgehead atoms. The Morgan fingerprint density at radius 3 is 2.39 bits per heavy atom. The summed E-state index contributed by atoms with van der Waals surface area (Å²) in [6, 6.07) is 9.92. The Hall–Kier alpha value is -3.06. The Bertz CT molecular complexity index is 1270. The number of ether oxygens (including phenoxy) is 2. The third-order valence-electron chi connectivity index (χ3n) is 6.26. The van der Waals surface area contributed by atoms with Gasteiger partial charge in [-0.05, 0) is 88.7 Å². The number of amides is 3. The molecule has 2 aliphatic rings. The van der Waals surface area contributed by atoms with Gasteiger partial charge in [-0.3, -0.25) is 19.3 Å². The summed E-state index contributed by atoms with van der Waals surface area (Å²) in [6.45, 7) is 1.27. The van der Waals surface area contributed by atoms with E-state index in [0.717, 1.165) is 51.5 Å². The summed E-state index contributed by atoms with van der Waals surface area (Å²) >= 11 is 2.92. The number of imide groups is 1. The number of benzene rings is 2. The van der Waals surface area contributed by atoms with Gasteiger partial charge in [-0.2, -0.15) is 0 Å². The summed E-state index contributed by atoms with van der Waals surface area (Å²) in [4.78, 5) is 52.3. The average Bonchev–Trinajstić information content (AvgIpc) is 3.08. The number of rotatable bonds is 8. The van der Waals surface area contributed by atoms with Gasteiger partial charge in [0.15, 0.2) is 11.5 Å². The van der Waals surface area contributed by atoms with Crippen LogP contribution in [0.3, 0.4) is 0 Å². The number of aromatic carboxylic acids is 1. The van der Waals surface area contributed by atoms with E-state index >= 15 is 0 Å². The molecule has 2 aliphatic heterocycles. The first-order chi connectivity index (χ1) is 18.3. The SMILES string of the molecule is COc1cc(C=C2SC(=O)N(CC(=O)N3CCCCCC3)C2=O)cc(I)c1OCc1ccc(C(=O)O)cc1. The van der Waals surface area contributed by atoms with Crippen LogP contribution >= 0.6 is 34.4 Å². The highest BCUT2D eigenvalue weighted by atomic mass is 127. The molecule has 0 aromatic heterocycles. The molecule has 0 atom stereocenters. The van der Waals surface area contributed by atoms with Gasteiger partial charge in [0.25, 0.3) is 11.1 Å². The molecule has 2 fully saturated rings. The predicted molar refractivity (Wildman–Crippen MR) is 151 cm³/mol. The largest absolute Gasteiger partial charge is 0.493 e. The van der Waals surface area contributed by atoms with Crippen LogP contribution in [0.25, 0.3) is 6.08 Å². The molecule has 0 radical (unpaired) electrons. The van der Waals surface area contributed by atoms with Gasteiger partial charge in [-0.25, -0.2) is 4.79 Å². The first kappa shape index (κ1) is 28.0. The number of hydrogen-bond donors (Lipinski definition) is 1. The average molecular weight is 650 g/mol. The van der Waals surface area contributed by atoms with Crippen molar-refractivity contribution in [1.29, 1.82) is 0 Å². The van der Waals surface area contributed by atoms with Crippen LogP contribution in [-0.2, 0) is 16.2 Å². The smallest absolute Gasteiger partial charge is 0.335 e. The molecular weight excluding hydrogens is 623 g/mol. The Balaban J connectivity index is 1.46. The van der Waals surface area contributed by atoms with E-state index in [1.807, 2.05) is 6.07 Å². The van der Waals surface area contributed by atoms with Crippen molar-refractivity contribution in [3.8, 4) is 11.5 Å². The van der Waals surface area contributed by atoms with Crippen LogP contribution in [0.2, 0.25) is 0 Å². The van der Waals surface area contributed by atoms with E-state index in [1.54, 1.807) is 29.2 Å². The van der Waals surface area contributed by atoms with Crippen LogP contribution in [0.1, 0.15) is 47.2 Å². The Labute approximate surface area is 238 Å². The lowest BCUT2D eigenvalue weighted by Crippen LogP contribution is -2.42. The zero-order valence-corrected chi connectivity index (χ0v) is 23.7. The molecule has 0 aliphatic carbocycles. The fraction of sp³-hybridized carbons (Fsp3) is 0.333. The number of hydrogen-bond acceptors (Lipinski definition) is 7. The fourth-order valence-corrected chi connectivity index (χ4v) is 5.82. The molecular formula is C27H27IN2O7S. The third-order valence-corrected chi connectivity index (χ3v) is 7.97. The zero-order valence-electron chi connectivity index (χ0n) is 20.8. The summed E-state index contributed by atoms with van der Waals surface area (Å²) in [5.41, 5.74) is 1.63. The van der Waals surface area contributed by atoms with Gasteiger partial charge in [-0.1, -0.05) is 25.0 Å². The molecule has 2 aromatic carbocycles. The van der Waals surface area contributed by atoms with Crippen molar-refractivity contribution in [2.24, 2.45) is 0 Å². The maximum absolute atomic E-state index is 13.0. The summed E-state index contributed by atoms with van der Waals surface area (Å²) < 4.78 is 12.2. The monoisotopic (exact) mass is 650 g/mol. The highest BCUT2D eigenvalue weighted by Gasteiger charge is 2.37. The van der Waals surface area contributed by atoms with Crippen LogP contribution in [0.15, 0.2) is 41.3 Å². The number of carbonyl (C=O) groups is 4. The van der Waals surface area contributed by atoms with Crippen molar-refractivity contribution >= 4 is 63.5 Å². The van der Waals surface area contributed by atoms with Gasteiger partial charge in [-0.15, -0.1) is 0 Å². The number of nitrogens with zero attached hydrogens (tertiary/aromatic N) is 2. The van der Waals surface area contributed by atoms with Crippen molar-refractivity contribution in [1.82, 2.24) is 9.80 Å². The molecule has 0 saturated carbocycles. The first-order valence-electron chi connectivity index (χ1n) is 12.1. The van der Waals surface area contributed by atoms with Gasteiger partial charge >= 0.3 is 5.97 Å². The van der Waals surface area contributed by atoms with Crippen molar-refractivity contribution < 1.29 is 33.8 Å². The standard InChI is InChI=1S/C27H27IN2O7S/c1-36-21-13-18(12-20(28)24(21)37-16-17-6-8-19(9-7-17)26(33)34)14-22-25(32)30(27(35)38-22)15-23(31)29-10-4-2-3-5-11-29/h6-9,12-14H,2-5,10-11,15-16H2,1H3,(H,33,34). The Morgan fingerprint density at radius 2 is 1.76 bits per heavy atom. The quantitative estimate of drug-likeness (QED) is 0.313. The fourth-order valence-electron chi connectivity index (χ4n) is 4.21. The zero-order chi connectivity index (χ0) is 27.2. The van der Waals surface area contributed by atoms with E-state index in [1.165, 1.54) is 19.2 Å². The number of carboxylic acid groups (broad SMARTS) is 1. The molecule has 11 heteroatoms. The van der Waals surface area contributed by atoms with E-state index in [2.05, 4.69) is 22.6 Å². The van der Waals surface area contributed by atoms with Crippen LogP contribution in [0.5, 0.6) is 11.5 Å². The van der Waals surface area contributed by atoms with Gasteiger partial charge in [0, 0.05) is 13.1 Å². The Kier molecular flexibility index (Phi) is 9.31. The summed E-state index contributed by atoms with van der Waals surface area (Å²) in [5.74, 6) is -0.733. The van der Waals surface area contributed by atoms with Gasteiger partial charge in [0.05, 0.1) is 21.1 Å². The third kappa shape index (κ3) is 6.68. The van der Waals surface area contributed by atoms with Crippen molar-refractivity contribution in [2.75, 3.05) is 26.7 Å². The lowest BCUT2D eigenvalue weighted by Gasteiger charge is -2.22. The topological polar surface area (TPSA) is 113 Å². The van der Waals surface area contributed by atoms with E-state index in [9.17, 15) is 19.2 Å². The van der Waals surface area contributed by atoms with E-state index in [0.29, 0.717) is 30.2 Å². The minimum atomic E-state index is -0.994. The van der Waals surface area contributed by atoms with E-state index in [-0.39, 0.29) is 29.5 Å². The van der Waals surface area contributed by atoms with Crippen LogP contribution in [-0.4, -0.2) is 64.7 Å². The van der Waals surface area contributed by atoms with E-state index < -0.39 is 17.1 Å². The van der Waals surface area contributed by atoms with E-state index in [4.69, 9.17) is 14.6 Å². The Morgan fingerprint density at radius 1 is 1.08 bits per heavy atom. The minimum absolute atomic E-state index is 0.195. The second kappa shape index (κ2) is 12.7. The molecule has 1 N–H and O–H groups in total. The second-order valence-electron chi connectivity index (χ2n) is 8.89. The first-order valence-corrected chi connectivity index (χ1v) is 14.0. The molecule has 9 nitrogen and oxygen atoms in total. The minimum Gasteiger partial charge on any atom is -0.493 e. The molecule has 4 rings (SSSR count). The maximum Gasteiger partial charge on any atom is 0.335 e. The maximum atomic E-state index is 13.0. The van der Waals surface area contributed by atoms with Crippen molar-refractivity contribution in [2.45, 2.75) is 32.3 Å². The number of likely N-dealkylation sites (tertiary alicyclic amines) is 1. The predicted octanol–water partition coefficient (Wildman–Crippen LogP) is 5.02. The van der Waals surface area contributed by atoms with Gasteiger partial charge in [0.2, 0.25) is 5.91 Å². The molecule has 2 saturated heterocycles. The molecule has 3 amide bonds. The molecule has 2 aromatic rings.